The van der Waals surface area contributed by atoms with E-state index >= 15 is 0 Å². The number of alkyl halides is 1. The number of hydrogen-bond acceptors (Lipinski definition) is 0. The number of rotatable bonds is 3. The predicted molar refractivity (Wildman–Crippen MR) is 67.3 cm³/mol. The zero-order valence-corrected chi connectivity index (χ0v) is 10.4. The lowest BCUT2D eigenvalue weighted by atomic mass is 9.83. The Morgan fingerprint density at radius 3 is 2.13 bits per heavy atom. The molecule has 2 fully saturated rings. The van der Waals surface area contributed by atoms with E-state index < -0.39 is 0 Å². The van der Waals surface area contributed by atoms with Crippen LogP contribution in [0.15, 0.2) is 11.6 Å². The summed E-state index contributed by atoms with van der Waals surface area (Å²) in [7, 11) is 0. The fourth-order valence-corrected chi connectivity index (χ4v) is 3.50. The second-order valence-corrected chi connectivity index (χ2v) is 5.52. The lowest BCUT2D eigenvalue weighted by Gasteiger charge is -2.24. The zero-order chi connectivity index (χ0) is 10.5. The summed E-state index contributed by atoms with van der Waals surface area (Å²) in [5, 5.41) is 0. The van der Waals surface area contributed by atoms with Crippen LogP contribution in [0.5, 0.6) is 0 Å². The van der Waals surface area contributed by atoms with Gasteiger partial charge in [0.1, 0.15) is 0 Å². The molecule has 0 aromatic rings. The Kier molecular flexibility index (Phi) is 4.56. The molecule has 0 nitrogen and oxygen atoms in total. The van der Waals surface area contributed by atoms with E-state index in [1.54, 1.807) is 5.57 Å². The van der Waals surface area contributed by atoms with E-state index in [-0.39, 0.29) is 0 Å². The van der Waals surface area contributed by atoms with Crippen molar-refractivity contribution >= 4 is 11.6 Å². The Bertz CT molecular complexity index is 207. The summed E-state index contributed by atoms with van der Waals surface area (Å²) in [5.41, 5.74) is 1.57. The third-order valence-electron chi connectivity index (χ3n) is 4.13. The maximum atomic E-state index is 6.11. The molecule has 0 unspecified atom stereocenters. The lowest BCUT2D eigenvalue weighted by Crippen LogP contribution is -2.11. The van der Waals surface area contributed by atoms with Crippen LogP contribution in [0.2, 0.25) is 0 Å². The summed E-state index contributed by atoms with van der Waals surface area (Å²) in [6.07, 6.45) is 15.3. The maximum absolute atomic E-state index is 6.11. The highest BCUT2D eigenvalue weighted by Crippen LogP contribution is 2.34. The van der Waals surface area contributed by atoms with Crippen molar-refractivity contribution in [2.45, 2.75) is 57.8 Å². The van der Waals surface area contributed by atoms with Gasteiger partial charge in [-0.25, -0.2) is 0 Å². The molecule has 0 spiro atoms. The zero-order valence-electron chi connectivity index (χ0n) is 9.68. The summed E-state index contributed by atoms with van der Waals surface area (Å²) in [4.78, 5) is 0. The van der Waals surface area contributed by atoms with Gasteiger partial charge in [-0.3, -0.25) is 0 Å². The third kappa shape index (κ3) is 3.24. The van der Waals surface area contributed by atoms with Crippen molar-refractivity contribution in [1.82, 2.24) is 0 Å². The van der Waals surface area contributed by atoms with E-state index in [0.717, 1.165) is 17.7 Å². The van der Waals surface area contributed by atoms with Gasteiger partial charge in [0.05, 0.1) is 0 Å². The van der Waals surface area contributed by atoms with Crippen molar-refractivity contribution in [2.75, 3.05) is 5.88 Å². The Hall–Kier alpha value is 0.0300. The highest BCUT2D eigenvalue weighted by molar-refractivity contribution is 6.19. The van der Waals surface area contributed by atoms with Crippen molar-refractivity contribution in [3.8, 4) is 0 Å². The molecule has 0 saturated heterocycles. The molecular formula is C14H23Cl. The molecule has 0 bridgehead atoms. The minimum absolute atomic E-state index is 0.779. The average Bonchev–Trinajstić information content (AvgIpc) is 2.80. The van der Waals surface area contributed by atoms with Crippen LogP contribution < -0.4 is 0 Å². The van der Waals surface area contributed by atoms with Crippen LogP contribution in [-0.2, 0) is 0 Å². The molecule has 2 saturated carbocycles. The molecule has 0 heterocycles. The van der Waals surface area contributed by atoms with E-state index in [9.17, 15) is 0 Å². The van der Waals surface area contributed by atoms with Crippen molar-refractivity contribution < 1.29 is 0 Å². The van der Waals surface area contributed by atoms with E-state index in [4.69, 9.17) is 11.6 Å². The van der Waals surface area contributed by atoms with Gasteiger partial charge in [0.15, 0.2) is 0 Å². The first kappa shape index (κ1) is 11.5. The molecule has 0 aromatic heterocycles. The monoisotopic (exact) mass is 226 g/mol. The Morgan fingerprint density at radius 2 is 1.53 bits per heavy atom. The molecule has 2 aliphatic rings. The SMILES string of the molecule is ClCC(=CC1CCCC1)C1CCCCC1. The van der Waals surface area contributed by atoms with Gasteiger partial charge in [-0.05, 0) is 37.5 Å². The molecule has 0 atom stereocenters. The van der Waals surface area contributed by atoms with Crippen molar-refractivity contribution in [1.29, 1.82) is 0 Å². The quantitative estimate of drug-likeness (QED) is 0.473. The highest BCUT2D eigenvalue weighted by atomic mass is 35.5. The molecular weight excluding hydrogens is 204 g/mol. The summed E-state index contributed by atoms with van der Waals surface area (Å²) in [6.45, 7) is 0. The highest BCUT2D eigenvalue weighted by Gasteiger charge is 2.19. The summed E-state index contributed by atoms with van der Waals surface area (Å²) in [5.74, 6) is 2.47. The Labute approximate surface area is 99.1 Å². The van der Waals surface area contributed by atoms with Gasteiger partial charge in [-0.2, -0.15) is 0 Å². The van der Waals surface area contributed by atoms with Crippen molar-refractivity contribution in [3.63, 3.8) is 0 Å². The minimum Gasteiger partial charge on any atom is -0.122 e. The lowest BCUT2D eigenvalue weighted by molar-refractivity contribution is 0.401. The van der Waals surface area contributed by atoms with Crippen LogP contribution in [0, 0.1) is 11.8 Å². The molecule has 2 rings (SSSR count). The van der Waals surface area contributed by atoms with Gasteiger partial charge in [0.2, 0.25) is 0 Å². The first-order chi connectivity index (χ1) is 7.40. The maximum Gasteiger partial charge on any atom is 0.0436 e. The summed E-state index contributed by atoms with van der Waals surface area (Å²) < 4.78 is 0. The van der Waals surface area contributed by atoms with Crippen LogP contribution in [0.1, 0.15) is 57.8 Å². The van der Waals surface area contributed by atoms with E-state index in [1.165, 1.54) is 57.8 Å². The van der Waals surface area contributed by atoms with Crippen LogP contribution >= 0.6 is 11.6 Å². The van der Waals surface area contributed by atoms with E-state index in [2.05, 4.69) is 6.08 Å². The smallest absolute Gasteiger partial charge is 0.0436 e. The van der Waals surface area contributed by atoms with Gasteiger partial charge < -0.3 is 0 Å². The molecule has 1 heteroatoms. The number of allylic oxidation sites excluding steroid dienone is 2. The van der Waals surface area contributed by atoms with E-state index in [1.807, 2.05) is 0 Å². The first-order valence-corrected chi connectivity index (χ1v) is 7.20. The van der Waals surface area contributed by atoms with Crippen LogP contribution in [0.4, 0.5) is 0 Å². The third-order valence-corrected chi connectivity index (χ3v) is 4.44. The fraction of sp³-hybridized carbons (Fsp3) is 0.857. The first-order valence-electron chi connectivity index (χ1n) is 6.66. The molecule has 0 N–H and O–H groups in total. The second kappa shape index (κ2) is 5.94. The molecule has 0 amide bonds. The van der Waals surface area contributed by atoms with Gasteiger partial charge >= 0.3 is 0 Å². The molecule has 15 heavy (non-hydrogen) atoms. The topological polar surface area (TPSA) is 0 Å². The molecule has 2 aliphatic carbocycles. The largest absolute Gasteiger partial charge is 0.122 e. The summed E-state index contributed by atoms with van der Waals surface area (Å²) >= 11 is 6.11. The van der Waals surface area contributed by atoms with Crippen molar-refractivity contribution in [3.05, 3.63) is 11.6 Å². The van der Waals surface area contributed by atoms with Gasteiger partial charge in [0, 0.05) is 5.88 Å². The van der Waals surface area contributed by atoms with Crippen LogP contribution in [-0.4, -0.2) is 5.88 Å². The predicted octanol–water partition coefficient (Wildman–Crippen LogP) is 4.92. The number of halogens is 1. The van der Waals surface area contributed by atoms with Gasteiger partial charge in [-0.15, -0.1) is 11.6 Å². The Balaban J connectivity index is 1.94. The Morgan fingerprint density at radius 1 is 0.933 bits per heavy atom. The normalized spacial score (nSPS) is 26.1. The summed E-state index contributed by atoms with van der Waals surface area (Å²) in [6, 6.07) is 0. The molecule has 86 valence electrons. The number of hydrogen-bond donors (Lipinski definition) is 0. The van der Waals surface area contributed by atoms with Gasteiger partial charge in [0.25, 0.3) is 0 Å². The molecule has 0 aromatic carbocycles. The standard InChI is InChI=1S/C14H23Cl/c15-11-14(10-12-6-4-5-7-12)13-8-2-1-3-9-13/h10,12-13H,1-9,11H2. The molecule has 0 radical (unpaired) electrons. The second-order valence-electron chi connectivity index (χ2n) is 5.25. The fourth-order valence-electron chi connectivity index (χ4n) is 3.19. The average molecular weight is 227 g/mol. The minimum atomic E-state index is 0.779. The van der Waals surface area contributed by atoms with Gasteiger partial charge in [-0.1, -0.05) is 43.8 Å². The van der Waals surface area contributed by atoms with Crippen molar-refractivity contribution in [2.24, 2.45) is 11.8 Å². The van der Waals surface area contributed by atoms with Crippen LogP contribution in [0.3, 0.4) is 0 Å². The molecule has 0 aliphatic heterocycles. The van der Waals surface area contributed by atoms with Crippen LogP contribution in [0.25, 0.3) is 0 Å². The van der Waals surface area contributed by atoms with E-state index in [0.29, 0.717) is 0 Å².